The summed E-state index contributed by atoms with van der Waals surface area (Å²) in [6, 6.07) is 6.28. The molecule has 8 nitrogen and oxygen atoms in total. The first-order valence-corrected chi connectivity index (χ1v) is 8.67. The summed E-state index contributed by atoms with van der Waals surface area (Å²) in [5, 5.41) is 2.70. The van der Waals surface area contributed by atoms with Crippen LogP contribution < -0.4 is 15.8 Å². The minimum absolute atomic E-state index is 0.0552. The summed E-state index contributed by atoms with van der Waals surface area (Å²) >= 11 is 0. The van der Waals surface area contributed by atoms with E-state index in [2.05, 4.69) is 5.32 Å². The van der Waals surface area contributed by atoms with Gasteiger partial charge < -0.3 is 20.7 Å². The van der Waals surface area contributed by atoms with Gasteiger partial charge in [-0.2, -0.15) is 0 Å². The lowest BCUT2D eigenvalue weighted by Gasteiger charge is -2.31. The van der Waals surface area contributed by atoms with E-state index in [-0.39, 0.29) is 18.5 Å². The van der Waals surface area contributed by atoms with Crippen LogP contribution in [0.5, 0.6) is 5.75 Å². The van der Waals surface area contributed by atoms with E-state index < -0.39 is 17.5 Å². The SMILES string of the molecule is COc1ccc(C2(C)NC(=O)N(CC(=O)N3CCCC(N)C3)C2=O)cc1. The van der Waals surface area contributed by atoms with E-state index in [1.54, 1.807) is 43.2 Å². The summed E-state index contributed by atoms with van der Waals surface area (Å²) in [6.45, 7) is 2.42. The number of piperidine rings is 1. The number of benzene rings is 1. The van der Waals surface area contributed by atoms with Crippen molar-refractivity contribution in [1.82, 2.24) is 15.1 Å². The lowest BCUT2D eigenvalue weighted by atomic mass is 9.92. The summed E-state index contributed by atoms with van der Waals surface area (Å²) in [5.41, 5.74) is 5.33. The third-order valence-corrected chi connectivity index (χ3v) is 5.05. The van der Waals surface area contributed by atoms with E-state index in [9.17, 15) is 14.4 Å². The fraction of sp³-hybridized carbons (Fsp3) is 0.500. The second kappa shape index (κ2) is 6.95. The molecule has 0 aromatic heterocycles. The number of nitrogens with two attached hydrogens (primary N) is 1. The number of nitrogens with zero attached hydrogens (tertiary/aromatic N) is 2. The van der Waals surface area contributed by atoms with Gasteiger partial charge in [-0.15, -0.1) is 0 Å². The molecule has 26 heavy (non-hydrogen) atoms. The summed E-state index contributed by atoms with van der Waals surface area (Å²) < 4.78 is 5.12. The van der Waals surface area contributed by atoms with E-state index >= 15 is 0 Å². The van der Waals surface area contributed by atoms with Crippen molar-refractivity contribution < 1.29 is 19.1 Å². The van der Waals surface area contributed by atoms with E-state index in [4.69, 9.17) is 10.5 Å². The first-order valence-electron chi connectivity index (χ1n) is 8.67. The van der Waals surface area contributed by atoms with Crippen LogP contribution in [0.1, 0.15) is 25.3 Å². The normalized spacial score (nSPS) is 26.0. The molecule has 2 aliphatic heterocycles. The molecule has 0 saturated carbocycles. The lowest BCUT2D eigenvalue weighted by Crippen LogP contribution is -2.50. The van der Waals surface area contributed by atoms with Crippen molar-refractivity contribution >= 4 is 17.8 Å². The largest absolute Gasteiger partial charge is 0.497 e. The Balaban J connectivity index is 1.74. The van der Waals surface area contributed by atoms with Crippen LogP contribution in [0.4, 0.5) is 4.79 Å². The number of methoxy groups -OCH3 is 1. The summed E-state index contributed by atoms with van der Waals surface area (Å²) in [5.74, 6) is -0.0486. The molecule has 2 atom stereocenters. The maximum Gasteiger partial charge on any atom is 0.325 e. The predicted octanol–water partition coefficient (Wildman–Crippen LogP) is 0.412. The zero-order valence-corrected chi connectivity index (χ0v) is 15.0. The Morgan fingerprint density at radius 1 is 1.35 bits per heavy atom. The number of imide groups is 1. The first kappa shape index (κ1) is 18.2. The van der Waals surface area contributed by atoms with Gasteiger partial charge in [-0.1, -0.05) is 12.1 Å². The summed E-state index contributed by atoms with van der Waals surface area (Å²) in [6.07, 6.45) is 1.71. The quantitative estimate of drug-likeness (QED) is 0.757. The Hall–Kier alpha value is -2.61. The molecular formula is C18H24N4O4. The predicted molar refractivity (Wildman–Crippen MR) is 94.4 cm³/mol. The molecule has 2 unspecified atom stereocenters. The van der Waals surface area contributed by atoms with Gasteiger partial charge in [-0.05, 0) is 37.5 Å². The van der Waals surface area contributed by atoms with E-state index in [1.165, 1.54) is 0 Å². The maximum atomic E-state index is 12.9. The number of likely N-dealkylation sites (tertiary alicyclic amines) is 1. The Bertz CT molecular complexity index is 720. The van der Waals surface area contributed by atoms with Crippen LogP contribution in [-0.2, 0) is 15.1 Å². The number of rotatable bonds is 4. The lowest BCUT2D eigenvalue weighted by molar-refractivity contribution is -0.139. The van der Waals surface area contributed by atoms with Gasteiger partial charge in [0, 0.05) is 19.1 Å². The molecule has 2 aliphatic rings. The molecule has 8 heteroatoms. The molecule has 2 fully saturated rings. The molecular weight excluding hydrogens is 336 g/mol. The van der Waals surface area contributed by atoms with Crippen molar-refractivity contribution in [3.05, 3.63) is 29.8 Å². The number of amides is 4. The highest BCUT2D eigenvalue weighted by molar-refractivity contribution is 6.09. The van der Waals surface area contributed by atoms with Crippen molar-refractivity contribution in [3.63, 3.8) is 0 Å². The average Bonchev–Trinajstić information content (AvgIpc) is 2.86. The molecule has 3 rings (SSSR count). The Morgan fingerprint density at radius 2 is 2.04 bits per heavy atom. The number of nitrogens with one attached hydrogen (secondary N) is 1. The average molecular weight is 360 g/mol. The van der Waals surface area contributed by atoms with Crippen LogP contribution in [0.15, 0.2) is 24.3 Å². The number of urea groups is 1. The molecule has 140 valence electrons. The van der Waals surface area contributed by atoms with E-state index in [1.807, 2.05) is 0 Å². The van der Waals surface area contributed by atoms with Crippen LogP contribution in [0.25, 0.3) is 0 Å². The van der Waals surface area contributed by atoms with E-state index in [0.29, 0.717) is 24.4 Å². The second-order valence-electron chi connectivity index (χ2n) is 6.92. The zero-order valence-electron chi connectivity index (χ0n) is 15.0. The molecule has 1 aromatic rings. The van der Waals surface area contributed by atoms with Crippen molar-refractivity contribution in [2.45, 2.75) is 31.3 Å². The fourth-order valence-electron chi connectivity index (χ4n) is 3.43. The van der Waals surface area contributed by atoms with Crippen LogP contribution in [-0.4, -0.2) is 60.4 Å². The van der Waals surface area contributed by atoms with Crippen LogP contribution in [0.3, 0.4) is 0 Å². The number of ether oxygens (including phenoxy) is 1. The van der Waals surface area contributed by atoms with Crippen molar-refractivity contribution in [1.29, 1.82) is 0 Å². The molecule has 0 bridgehead atoms. The van der Waals surface area contributed by atoms with Gasteiger partial charge in [0.05, 0.1) is 7.11 Å². The van der Waals surface area contributed by atoms with Gasteiger partial charge in [0.25, 0.3) is 5.91 Å². The topological polar surface area (TPSA) is 105 Å². The van der Waals surface area contributed by atoms with Gasteiger partial charge >= 0.3 is 6.03 Å². The molecule has 1 aromatic carbocycles. The van der Waals surface area contributed by atoms with Crippen molar-refractivity contribution in [3.8, 4) is 5.75 Å². The molecule has 0 radical (unpaired) electrons. The smallest absolute Gasteiger partial charge is 0.325 e. The Morgan fingerprint density at radius 3 is 2.65 bits per heavy atom. The minimum Gasteiger partial charge on any atom is -0.497 e. The number of hydrogen-bond acceptors (Lipinski definition) is 5. The standard InChI is InChI=1S/C18H24N4O4/c1-18(12-5-7-14(26-2)8-6-12)16(24)22(17(25)20-18)11-15(23)21-9-3-4-13(19)10-21/h5-8,13H,3-4,9-11,19H2,1-2H3,(H,20,25). The Kier molecular flexibility index (Phi) is 4.86. The summed E-state index contributed by atoms with van der Waals surface area (Å²) in [4.78, 5) is 40.3. The summed E-state index contributed by atoms with van der Waals surface area (Å²) in [7, 11) is 1.55. The van der Waals surface area contributed by atoms with E-state index in [0.717, 1.165) is 17.7 Å². The molecule has 0 aliphatic carbocycles. The van der Waals surface area contributed by atoms with Crippen LogP contribution in [0, 0.1) is 0 Å². The monoisotopic (exact) mass is 360 g/mol. The van der Waals surface area contributed by atoms with Gasteiger partial charge in [0.1, 0.15) is 17.8 Å². The molecule has 2 heterocycles. The van der Waals surface area contributed by atoms with Gasteiger partial charge in [0.2, 0.25) is 5.91 Å². The third-order valence-electron chi connectivity index (χ3n) is 5.05. The highest BCUT2D eigenvalue weighted by Gasteiger charge is 2.49. The minimum atomic E-state index is -1.21. The molecule has 4 amide bonds. The van der Waals surface area contributed by atoms with Crippen LogP contribution >= 0.6 is 0 Å². The fourth-order valence-corrected chi connectivity index (χ4v) is 3.43. The number of carbonyl (C=O) groups excluding carboxylic acids is 3. The van der Waals surface area contributed by atoms with Crippen molar-refractivity contribution in [2.75, 3.05) is 26.7 Å². The van der Waals surface area contributed by atoms with Gasteiger partial charge in [0.15, 0.2) is 0 Å². The van der Waals surface area contributed by atoms with Gasteiger partial charge in [-0.3, -0.25) is 14.5 Å². The first-order chi connectivity index (χ1) is 12.3. The number of carbonyl (C=O) groups is 3. The molecule has 0 spiro atoms. The molecule has 2 saturated heterocycles. The zero-order chi connectivity index (χ0) is 18.9. The van der Waals surface area contributed by atoms with Crippen molar-refractivity contribution in [2.24, 2.45) is 5.73 Å². The second-order valence-corrected chi connectivity index (χ2v) is 6.92. The maximum absolute atomic E-state index is 12.9. The highest BCUT2D eigenvalue weighted by Crippen LogP contribution is 2.30. The van der Waals surface area contributed by atoms with Crippen LogP contribution in [0.2, 0.25) is 0 Å². The highest BCUT2D eigenvalue weighted by atomic mass is 16.5. The number of hydrogen-bond donors (Lipinski definition) is 2. The molecule has 3 N–H and O–H groups in total. The third kappa shape index (κ3) is 3.24. The Labute approximate surface area is 152 Å². The van der Waals surface area contributed by atoms with Gasteiger partial charge in [-0.25, -0.2) is 4.79 Å².